The zero-order chi connectivity index (χ0) is 31.5. The number of aromatic nitrogens is 3. The summed E-state index contributed by atoms with van der Waals surface area (Å²) in [4.78, 5) is 26.0. The topological polar surface area (TPSA) is 116 Å². The van der Waals surface area contributed by atoms with Crippen molar-refractivity contribution in [2.75, 3.05) is 26.6 Å². The highest BCUT2D eigenvalue weighted by Gasteiger charge is 2.46. The number of carbonyl (C=O) groups is 1. The van der Waals surface area contributed by atoms with E-state index in [0.29, 0.717) is 11.1 Å². The summed E-state index contributed by atoms with van der Waals surface area (Å²) in [5.74, 6) is -6.99. The van der Waals surface area contributed by atoms with Crippen molar-refractivity contribution in [3.8, 4) is 11.4 Å². The van der Waals surface area contributed by atoms with E-state index < -0.39 is 53.9 Å². The molecule has 1 aliphatic heterocycles. The lowest BCUT2D eigenvalue weighted by molar-refractivity contribution is -0.916. The van der Waals surface area contributed by atoms with Gasteiger partial charge in [-0.15, -0.1) is 0 Å². The maximum Gasteiger partial charge on any atom is 0.350 e. The summed E-state index contributed by atoms with van der Waals surface area (Å²) in [7, 11) is 0. The molecular weight excluding hydrogens is 626 g/mol. The van der Waals surface area contributed by atoms with Gasteiger partial charge >= 0.3 is 24.0 Å². The number of hydrogen-bond donors (Lipinski definition) is 2. The number of aliphatic hydroxyl groups is 1. The van der Waals surface area contributed by atoms with Crippen molar-refractivity contribution in [2.24, 2.45) is 5.10 Å². The molecule has 0 bridgehead atoms. The van der Waals surface area contributed by atoms with Gasteiger partial charge in [0.1, 0.15) is 30.3 Å². The molecule has 2 N–H and O–H groups in total. The van der Waals surface area contributed by atoms with Crippen molar-refractivity contribution in [3.05, 3.63) is 76.5 Å². The van der Waals surface area contributed by atoms with Crippen LogP contribution in [0.15, 0.2) is 58.7 Å². The molecule has 3 atom stereocenters. The standard InChI is InChI=1S/C26H26F6N6O5.ClH/c1-16(38-24(40)37(13-34-38)19-4-6-20(7-5-19)42-11-26(31,32)23(29)30)25(41,21-8-3-18(27)9-22(21)28)10-36-14-35(12-33-36)15-43-17(2)39;/h3-9,12-13,16,23,41H,10-11,14-15H2,1-2H3;1H/t16-,25-;/m1./s1. The molecule has 0 aliphatic carbocycles. The second-order valence-corrected chi connectivity index (χ2v) is 9.80. The average Bonchev–Trinajstić information content (AvgIpc) is 3.56. The summed E-state index contributed by atoms with van der Waals surface area (Å²) < 4.78 is 91.4. The molecule has 1 aliphatic rings. The van der Waals surface area contributed by atoms with Gasteiger partial charge in [-0.05, 0) is 43.3 Å². The molecule has 1 aromatic heterocycles. The van der Waals surface area contributed by atoms with Crippen LogP contribution in [0.4, 0.5) is 26.3 Å². The maximum absolute atomic E-state index is 15.0. The van der Waals surface area contributed by atoms with E-state index in [4.69, 9.17) is 9.47 Å². The van der Waals surface area contributed by atoms with Gasteiger partial charge in [0.2, 0.25) is 0 Å². The Morgan fingerprint density at radius 2 is 1.84 bits per heavy atom. The molecule has 0 radical (unpaired) electrons. The summed E-state index contributed by atoms with van der Waals surface area (Å²) in [5, 5.41) is 20.6. The molecule has 3 aromatic rings. The van der Waals surface area contributed by atoms with Crippen LogP contribution >= 0.6 is 0 Å². The average molecular weight is 653 g/mol. The second kappa shape index (κ2) is 13.7. The minimum Gasteiger partial charge on any atom is -1.00 e. The molecule has 4 rings (SSSR count). The van der Waals surface area contributed by atoms with E-state index in [1.165, 1.54) is 49.4 Å². The summed E-state index contributed by atoms with van der Waals surface area (Å²) in [6.07, 6.45) is -1.44. The highest BCUT2D eigenvalue weighted by molar-refractivity contribution is 5.66. The summed E-state index contributed by atoms with van der Waals surface area (Å²) >= 11 is 0. The predicted molar refractivity (Wildman–Crippen MR) is 137 cm³/mol. The molecule has 44 heavy (non-hydrogen) atoms. The van der Waals surface area contributed by atoms with E-state index in [-0.39, 0.29) is 49.4 Å². The number of quaternary nitrogens is 1. The van der Waals surface area contributed by atoms with E-state index >= 15 is 4.39 Å². The van der Waals surface area contributed by atoms with E-state index in [2.05, 4.69) is 10.2 Å². The third kappa shape index (κ3) is 7.51. The first kappa shape index (κ1) is 34.4. The van der Waals surface area contributed by atoms with Gasteiger partial charge in [-0.3, -0.25) is 9.69 Å². The molecule has 0 fully saturated rings. The van der Waals surface area contributed by atoms with Crippen LogP contribution in [-0.2, 0) is 15.1 Å². The second-order valence-electron chi connectivity index (χ2n) is 9.80. The minimum absolute atomic E-state index is 0. The smallest absolute Gasteiger partial charge is 0.350 e. The summed E-state index contributed by atoms with van der Waals surface area (Å²) in [5.41, 5.74) is -3.11. The Morgan fingerprint density at radius 1 is 1.16 bits per heavy atom. The van der Waals surface area contributed by atoms with E-state index in [9.17, 15) is 36.6 Å². The summed E-state index contributed by atoms with van der Waals surface area (Å²) in [6, 6.07) is 6.29. The van der Waals surface area contributed by atoms with Gasteiger partial charge in [0.15, 0.2) is 31.9 Å². The van der Waals surface area contributed by atoms with Crippen molar-refractivity contribution in [3.63, 3.8) is 0 Å². The Bertz CT molecular complexity index is 1540. The molecule has 11 nitrogen and oxygen atoms in total. The van der Waals surface area contributed by atoms with Crippen molar-refractivity contribution >= 4 is 12.3 Å². The number of nitrogens with one attached hydrogen (secondary N) is 1. The zero-order valence-electron chi connectivity index (χ0n) is 23.1. The Labute approximate surface area is 252 Å². The van der Waals surface area contributed by atoms with Crippen LogP contribution in [-0.4, -0.2) is 75.6 Å². The minimum atomic E-state index is -4.35. The molecule has 0 amide bonds. The SMILES string of the molecule is CC(=O)OCN1C=N[NH+](C[C@](O)(c2ccc(F)cc2F)[C@@H](C)n2ncn(-c3ccc(OCC(F)(F)C(F)F)cc3)c2=O)C1.[Cl-]. The van der Waals surface area contributed by atoms with Gasteiger partial charge < -0.3 is 27.0 Å². The first-order chi connectivity index (χ1) is 20.2. The van der Waals surface area contributed by atoms with E-state index in [0.717, 1.165) is 27.7 Å². The monoisotopic (exact) mass is 652 g/mol. The molecular formula is C26H27ClF6N6O5. The van der Waals surface area contributed by atoms with Crippen LogP contribution in [0.5, 0.6) is 5.75 Å². The maximum atomic E-state index is 15.0. The molecule has 2 aromatic carbocycles. The van der Waals surface area contributed by atoms with Crippen LogP contribution in [0.1, 0.15) is 25.5 Å². The molecule has 0 spiro atoms. The highest BCUT2D eigenvalue weighted by atomic mass is 35.5. The predicted octanol–water partition coefficient (Wildman–Crippen LogP) is -1.33. The first-order valence-electron chi connectivity index (χ1n) is 12.7. The number of alkyl halides is 4. The lowest BCUT2D eigenvalue weighted by atomic mass is 9.86. The van der Waals surface area contributed by atoms with Crippen LogP contribution in [0.25, 0.3) is 5.69 Å². The van der Waals surface area contributed by atoms with Gasteiger partial charge in [-0.1, -0.05) is 5.10 Å². The van der Waals surface area contributed by atoms with Crippen molar-refractivity contribution < 1.29 is 63.1 Å². The number of halogens is 7. The molecule has 1 unspecified atom stereocenters. The third-order valence-electron chi connectivity index (χ3n) is 6.71. The van der Waals surface area contributed by atoms with Crippen molar-refractivity contribution in [1.82, 2.24) is 19.2 Å². The van der Waals surface area contributed by atoms with Crippen LogP contribution in [0.3, 0.4) is 0 Å². The fourth-order valence-electron chi connectivity index (χ4n) is 4.36. The third-order valence-corrected chi connectivity index (χ3v) is 6.71. The van der Waals surface area contributed by atoms with Crippen LogP contribution in [0.2, 0.25) is 0 Å². The Kier molecular flexibility index (Phi) is 10.7. The quantitative estimate of drug-likeness (QED) is 0.184. The number of rotatable bonds is 12. The fourth-order valence-corrected chi connectivity index (χ4v) is 4.36. The number of hydrogen-bond acceptors (Lipinski definition) is 8. The van der Waals surface area contributed by atoms with Crippen molar-refractivity contribution in [1.29, 1.82) is 0 Å². The Balaban J connectivity index is 0.00000529. The number of carbonyl (C=O) groups excluding carboxylic acids is 1. The van der Waals surface area contributed by atoms with Gasteiger partial charge in [0.25, 0.3) is 0 Å². The van der Waals surface area contributed by atoms with E-state index in [1.807, 2.05) is 0 Å². The van der Waals surface area contributed by atoms with Gasteiger partial charge in [-0.25, -0.2) is 31.6 Å². The normalized spacial score (nSPS) is 16.9. The zero-order valence-corrected chi connectivity index (χ0v) is 23.9. The molecule has 240 valence electrons. The number of benzene rings is 2. The molecule has 0 saturated heterocycles. The Hall–Kier alpha value is -4.09. The molecule has 2 heterocycles. The Morgan fingerprint density at radius 3 is 2.45 bits per heavy atom. The van der Waals surface area contributed by atoms with Gasteiger partial charge in [0.05, 0.1) is 11.7 Å². The lowest BCUT2D eigenvalue weighted by Crippen LogP contribution is -3.09. The number of esters is 1. The summed E-state index contributed by atoms with van der Waals surface area (Å²) in [6.45, 7) is 0.737. The van der Waals surface area contributed by atoms with Gasteiger partial charge in [0, 0.05) is 18.6 Å². The number of nitrogens with zero attached hydrogens (tertiary/aromatic N) is 5. The number of ether oxygens (including phenoxy) is 2. The fraction of sp³-hybridized carbons (Fsp3) is 0.385. The van der Waals surface area contributed by atoms with Crippen LogP contribution in [0, 0.1) is 11.6 Å². The first-order valence-corrected chi connectivity index (χ1v) is 12.7. The largest absolute Gasteiger partial charge is 1.00 e. The van der Waals surface area contributed by atoms with Crippen LogP contribution < -0.4 is 27.8 Å². The van der Waals surface area contributed by atoms with E-state index in [1.54, 1.807) is 0 Å². The lowest BCUT2D eigenvalue weighted by Gasteiger charge is -2.34. The van der Waals surface area contributed by atoms with Crippen molar-refractivity contribution in [2.45, 2.75) is 37.8 Å². The molecule has 0 saturated carbocycles. The highest BCUT2D eigenvalue weighted by Crippen LogP contribution is 2.33. The molecule has 18 heteroatoms. The van der Waals surface area contributed by atoms with Gasteiger partial charge in [-0.2, -0.15) is 18.9 Å².